The molecule has 2 heterocycles. The molecular weight excluding hydrogens is 262 g/mol. The summed E-state index contributed by atoms with van der Waals surface area (Å²) in [6.07, 6.45) is 4.05. The van der Waals surface area contributed by atoms with Crippen LogP contribution in [0.15, 0.2) is 28.1 Å². The molecule has 0 aliphatic rings. The van der Waals surface area contributed by atoms with Gasteiger partial charge in [-0.2, -0.15) is 13.8 Å². The van der Waals surface area contributed by atoms with Gasteiger partial charge in [-0.05, 0) is 24.2 Å². The molecule has 96 valence electrons. The smallest absolute Gasteiger partial charge is 0.332 e. The van der Waals surface area contributed by atoms with Crippen LogP contribution in [0.5, 0.6) is 0 Å². The van der Waals surface area contributed by atoms with Crippen LogP contribution in [-0.2, 0) is 11.7 Å². The minimum absolute atomic E-state index is 0.0438. The van der Waals surface area contributed by atoms with Crippen LogP contribution in [0.2, 0.25) is 0 Å². The van der Waals surface area contributed by atoms with Crippen molar-refractivity contribution in [3.8, 4) is 0 Å². The Hall–Kier alpha value is -1.57. The Morgan fingerprint density at radius 1 is 1.33 bits per heavy atom. The lowest BCUT2D eigenvalue weighted by atomic mass is 10.3. The zero-order valence-electron chi connectivity index (χ0n) is 9.51. The average Bonchev–Trinajstić information content (AvgIpc) is 2.80. The number of hydrogen-bond acceptors (Lipinski definition) is 6. The molecule has 0 N–H and O–H groups in total. The Morgan fingerprint density at radius 2 is 2.06 bits per heavy atom. The Labute approximate surface area is 106 Å². The SMILES string of the molecule is CCCc1noc(C(F)(F)Sc2ncccn2)n1. The summed E-state index contributed by atoms with van der Waals surface area (Å²) in [6, 6.07) is 1.55. The van der Waals surface area contributed by atoms with Gasteiger partial charge in [-0.1, -0.05) is 12.1 Å². The summed E-state index contributed by atoms with van der Waals surface area (Å²) in [5, 5.41) is 0.117. The summed E-state index contributed by atoms with van der Waals surface area (Å²) in [6.45, 7) is 1.90. The number of hydrogen-bond donors (Lipinski definition) is 0. The molecule has 0 fully saturated rings. The summed E-state index contributed by atoms with van der Waals surface area (Å²) in [5.41, 5.74) is 0. The Balaban J connectivity index is 2.14. The fraction of sp³-hybridized carbons (Fsp3) is 0.400. The molecule has 0 atom stereocenters. The van der Waals surface area contributed by atoms with Crippen molar-refractivity contribution in [1.82, 2.24) is 20.1 Å². The monoisotopic (exact) mass is 272 g/mol. The van der Waals surface area contributed by atoms with Crippen molar-refractivity contribution in [1.29, 1.82) is 0 Å². The third-order valence-corrected chi connectivity index (χ3v) is 2.78. The highest BCUT2D eigenvalue weighted by atomic mass is 32.2. The maximum absolute atomic E-state index is 13.8. The maximum atomic E-state index is 13.8. The van der Waals surface area contributed by atoms with Crippen molar-refractivity contribution in [2.75, 3.05) is 0 Å². The number of aryl methyl sites for hydroxylation is 1. The molecule has 0 aromatic carbocycles. The van der Waals surface area contributed by atoms with Crippen molar-refractivity contribution >= 4 is 11.8 Å². The summed E-state index contributed by atoms with van der Waals surface area (Å²) in [7, 11) is 0. The van der Waals surface area contributed by atoms with Gasteiger partial charge in [-0.25, -0.2) is 9.97 Å². The normalized spacial score (nSPS) is 11.7. The first-order chi connectivity index (χ1) is 8.62. The van der Waals surface area contributed by atoms with Crippen molar-refractivity contribution in [2.24, 2.45) is 0 Å². The van der Waals surface area contributed by atoms with E-state index in [0.29, 0.717) is 6.42 Å². The van der Waals surface area contributed by atoms with Crippen LogP contribution in [0.25, 0.3) is 0 Å². The summed E-state index contributed by atoms with van der Waals surface area (Å²) < 4.78 is 32.1. The number of aromatic nitrogens is 4. The molecule has 2 aromatic heterocycles. The minimum Gasteiger partial charge on any atom is -0.332 e. The zero-order valence-corrected chi connectivity index (χ0v) is 10.3. The van der Waals surface area contributed by atoms with Gasteiger partial charge in [0.05, 0.1) is 0 Å². The molecule has 0 amide bonds. The molecule has 0 aliphatic heterocycles. The van der Waals surface area contributed by atoms with Crippen molar-refractivity contribution in [3.63, 3.8) is 0 Å². The molecule has 0 saturated carbocycles. The van der Waals surface area contributed by atoms with E-state index in [1.807, 2.05) is 6.92 Å². The molecule has 2 aromatic rings. The maximum Gasteiger partial charge on any atom is 0.378 e. The molecule has 0 spiro atoms. The summed E-state index contributed by atoms with van der Waals surface area (Å²) in [4.78, 5) is 11.1. The second-order valence-corrected chi connectivity index (χ2v) is 4.50. The third kappa shape index (κ3) is 3.00. The molecule has 0 unspecified atom stereocenters. The van der Waals surface area contributed by atoms with Gasteiger partial charge in [-0.15, -0.1) is 0 Å². The number of rotatable bonds is 5. The topological polar surface area (TPSA) is 64.7 Å². The van der Waals surface area contributed by atoms with Gasteiger partial charge in [-0.3, -0.25) is 0 Å². The third-order valence-electron chi connectivity index (χ3n) is 1.95. The van der Waals surface area contributed by atoms with Crippen LogP contribution in [0, 0.1) is 0 Å². The van der Waals surface area contributed by atoms with Crippen molar-refractivity contribution < 1.29 is 13.3 Å². The molecule has 18 heavy (non-hydrogen) atoms. The predicted octanol–water partition coefficient (Wildman–Crippen LogP) is 2.65. The van der Waals surface area contributed by atoms with Gasteiger partial charge >= 0.3 is 11.1 Å². The Morgan fingerprint density at radius 3 is 2.72 bits per heavy atom. The van der Waals surface area contributed by atoms with Crippen molar-refractivity contribution in [2.45, 2.75) is 30.2 Å². The van der Waals surface area contributed by atoms with Gasteiger partial charge in [0.15, 0.2) is 11.0 Å². The van der Waals surface area contributed by atoms with E-state index in [1.165, 1.54) is 12.4 Å². The van der Waals surface area contributed by atoms with Gasteiger partial charge in [0.25, 0.3) is 0 Å². The average molecular weight is 272 g/mol. The highest BCUT2D eigenvalue weighted by molar-refractivity contribution is 7.99. The fourth-order valence-corrected chi connectivity index (χ4v) is 1.82. The Bertz CT molecular complexity index is 506. The Kier molecular flexibility index (Phi) is 3.85. The first kappa shape index (κ1) is 12.9. The van der Waals surface area contributed by atoms with Gasteiger partial charge < -0.3 is 4.52 Å². The lowest BCUT2D eigenvalue weighted by Crippen LogP contribution is -2.09. The van der Waals surface area contributed by atoms with E-state index in [1.54, 1.807) is 6.07 Å². The second kappa shape index (κ2) is 5.38. The molecule has 0 radical (unpaired) electrons. The highest BCUT2D eigenvalue weighted by Gasteiger charge is 2.41. The van der Waals surface area contributed by atoms with Crippen LogP contribution in [-0.4, -0.2) is 20.1 Å². The van der Waals surface area contributed by atoms with E-state index in [9.17, 15) is 8.78 Å². The van der Waals surface area contributed by atoms with Crippen LogP contribution in [0.3, 0.4) is 0 Å². The number of thioether (sulfide) groups is 1. The van der Waals surface area contributed by atoms with E-state index >= 15 is 0 Å². The lowest BCUT2D eigenvalue weighted by Gasteiger charge is -2.08. The molecule has 8 heteroatoms. The minimum atomic E-state index is -3.33. The van der Waals surface area contributed by atoms with Crippen LogP contribution in [0.1, 0.15) is 25.1 Å². The largest absolute Gasteiger partial charge is 0.378 e. The zero-order chi connectivity index (χ0) is 13.0. The first-order valence-electron chi connectivity index (χ1n) is 5.28. The van der Waals surface area contributed by atoms with Crippen LogP contribution < -0.4 is 0 Å². The molecule has 0 bridgehead atoms. The quantitative estimate of drug-likeness (QED) is 0.616. The standard InChI is InChI=1S/C10H10F2N4OS/c1-2-4-7-15-8(17-16-7)10(11,12)18-9-13-5-3-6-14-9/h3,5-6H,2,4H2,1H3. The molecule has 0 saturated heterocycles. The molecule has 5 nitrogen and oxygen atoms in total. The van der Waals surface area contributed by atoms with Gasteiger partial charge in [0, 0.05) is 18.8 Å². The lowest BCUT2D eigenvalue weighted by molar-refractivity contribution is 0.0638. The van der Waals surface area contributed by atoms with Crippen LogP contribution >= 0.6 is 11.8 Å². The van der Waals surface area contributed by atoms with E-state index in [-0.39, 0.29) is 22.7 Å². The summed E-state index contributed by atoms with van der Waals surface area (Å²) >= 11 is 0.179. The molecular formula is C10H10F2N4OS. The fourth-order valence-electron chi connectivity index (χ4n) is 1.19. The van der Waals surface area contributed by atoms with E-state index in [4.69, 9.17) is 0 Å². The van der Waals surface area contributed by atoms with E-state index < -0.39 is 11.1 Å². The predicted molar refractivity (Wildman–Crippen MR) is 60.1 cm³/mol. The number of nitrogens with zero attached hydrogens (tertiary/aromatic N) is 4. The highest BCUT2D eigenvalue weighted by Crippen LogP contribution is 2.41. The van der Waals surface area contributed by atoms with E-state index in [2.05, 4.69) is 24.6 Å². The van der Waals surface area contributed by atoms with Crippen molar-refractivity contribution in [3.05, 3.63) is 30.2 Å². The first-order valence-corrected chi connectivity index (χ1v) is 6.10. The van der Waals surface area contributed by atoms with Gasteiger partial charge in [0.1, 0.15) is 0 Å². The molecule has 0 aliphatic carbocycles. The van der Waals surface area contributed by atoms with E-state index in [0.717, 1.165) is 6.42 Å². The number of alkyl halides is 2. The van der Waals surface area contributed by atoms with Crippen LogP contribution in [0.4, 0.5) is 8.78 Å². The second-order valence-electron chi connectivity index (χ2n) is 3.42. The summed E-state index contributed by atoms with van der Waals surface area (Å²) in [5.74, 6) is -0.440. The number of halogens is 2. The van der Waals surface area contributed by atoms with Gasteiger partial charge in [0.2, 0.25) is 0 Å². The molecule has 2 rings (SSSR count).